The predicted octanol–water partition coefficient (Wildman–Crippen LogP) is 4.06. The Balaban J connectivity index is 1.35. The lowest BCUT2D eigenvalue weighted by atomic mass is 10.1. The number of nitrogens with one attached hydrogen (secondary N) is 1. The van der Waals surface area contributed by atoms with Gasteiger partial charge in [-0.2, -0.15) is 0 Å². The molecule has 0 radical (unpaired) electrons. The van der Waals surface area contributed by atoms with Gasteiger partial charge in [-0.05, 0) is 29.3 Å². The molecule has 1 atom stereocenters. The maximum absolute atomic E-state index is 12.9. The van der Waals surface area contributed by atoms with Crippen molar-refractivity contribution < 1.29 is 19.1 Å². The van der Waals surface area contributed by atoms with Crippen molar-refractivity contribution in [1.82, 2.24) is 10.2 Å². The second kappa shape index (κ2) is 10.5. The zero-order chi connectivity index (χ0) is 22.2. The number of benzene rings is 3. The summed E-state index contributed by atoms with van der Waals surface area (Å²) in [4.78, 5) is 26.8. The van der Waals surface area contributed by atoms with E-state index in [0.717, 1.165) is 23.3 Å². The van der Waals surface area contributed by atoms with Crippen LogP contribution in [0.2, 0.25) is 0 Å². The molecule has 0 spiro atoms. The van der Waals surface area contributed by atoms with Gasteiger partial charge >= 0.3 is 6.09 Å². The molecular weight excluding hydrogens is 404 g/mol. The van der Waals surface area contributed by atoms with Gasteiger partial charge in [0.2, 0.25) is 0 Å². The van der Waals surface area contributed by atoms with Crippen molar-refractivity contribution in [3.63, 3.8) is 0 Å². The predicted molar refractivity (Wildman–Crippen MR) is 122 cm³/mol. The van der Waals surface area contributed by atoms with Crippen molar-refractivity contribution in [3.05, 3.63) is 102 Å². The molecular formula is C26H26N2O4. The van der Waals surface area contributed by atoms with Gasteiger partial charge in [-0.3, -0.25) is 4.79 Å². The molecule has 0 aliphatic carbocycles. The Kier molecular flexibility index (Phi) is 7.02. The van der Waals surface area contributed by atoms with Crippen LogP contribution in [-0.2, 0) is 17.8 Å². The van der Waals surface area contributed by atoms with Crippen molar-refractivity contribution in [3.8, 4) is 5.75 Å². The van der Waals surface area contributed by atoms with E-state index in [2.05, 4.69) is 5.32 Å². The van der Waals surface area contributed by atoms with E-state index in [0.29, 0.717) is 25.2 Å². The Morgan fingerprint density at radius 3 is 2.38 bits per heavy atom. The van der Waals surface area contributed by atoms with Crippen LogP contribution in [0.25, 0.3) is 0 Å². The molecule has 0 saturated heterocycles. The van der Waals surface area contributed by atoms with Crippen LogP contribution in [0.15, 0.2) is 84.9 Å². The standard InChI is InChI=1S/C26H26N2O4/c29-25(21-11-5-2-6-12-21)27-15-16-28(26(30)31-19-20-9-3-1-4-10-20)18-23-17-22-13-7-8-14-24(22)32-23/h1-14,23H,15-19H2,(H,27,29). The fourth-order valence-corrected chi connectivity index (χ4v) is 3.67. The average molecular weight is 431 g/mol. The van der Waals surface area contributed by atoms with E-state index in [1.807, 2.05) is 72.8 Å². The van der Waals surface area contributed by atoms with Gasteiger partial charge in [-0.15, -0.1) is 0 Å². The van der Waals surface area contributed by atoms with Crippen molar-refractivity contribution in [2.24, 2.45) is 0 Å². The topological polar surface area (TPSA) is 67.9 Å². The number of amides is 2. The third kappa shape index (κ3) is 5.66. The van der Waals surface area contributed by atoms with Gasteiger partial charge in [0.25, 0.3) is 5.91 Å². The monoisotopic (exact) mass is 430 g/mol. The lowest BCUT2D eigenvalue weighted by molar-refractivity contribution is 0.0779. The minimum absolute atomic E-state index is 0.151. The molecule has 0 fully saturated rings. The molecule has 6 nitrogen and oxygen atoms in total. The summed E-state index contributed by atoms with van der Waals surface area (Å²) in [5, 5.41) is 2.87. The van der Waals surface area contributed by atoms with E-state index in [1.54, 1.807) is 17.0 Å². The molecule has 1 aliphatic rings. The Hall–Kier alpha value is -3.80. The average Bonchev–Trinajstić information content (AvgIpc) is 3.25. The third-order valence-corrected chi connectivity index (χ3v) is 5.30. The van der Waals surface area contributed by atoms with Crippen LogP contribution < -0.4 is 10.1 Å². The molecule has 3 aromatic rings. The Morgan fingerprint density at radius 2 is 1.62 bits per heavy atom. The Labute approximate surface area is 187 Å². The number of nitrogens with zero attached hydrogens (tertiary/aromatic N) is 1. The van der Waals surface area contributed by atoms with Crippen LogP contribution in [0, 0.1) is 0 Å². The first-order valence-corrected chi connectivity index (χ1v) is 10.7. The van der Waals surface area contributed by atoms with Crippen molar-refractivity contribution in [1.29, 1.82) is 0 Å². The van der Waals surface area contributed by atoms with Gasteiger partial charge in [0, 0.05) is 25.1 Å². The highest BCUT2D eigenvalue weighted by Gasteiger charge is 2.27. The number of carbonyl (C=O) groups is 2. The summed E-state index contributed by atoms with van der Waals surface area (Å²) in [5.74, 6) is 0.681. The largest absolute Gasteiger partial charge is 0.488 e. The summed E-state index contributed by atoms with van der Waals surface area (Å²) < 4.78 is 11.5. The molecule has 32 heavy (non-hydrogen) atoms. The number of hydrogen-bond acceptors (Lipinski definition) is 4. The number of ether oxygens (including phenoxy) is 2. The first-order valence-electron chi connectivity index (χ1n) is 10.7. The minimum Gasteiger partial charge on any atom is -0.488 e. The highest BCUT2D eigenvalue weighted by Crippen LogP contribution is 2.28. The summed E-state index contributed by atoms with van der Waals surface area (Å²) in [7, 11) is 0. The van der Waals surface area contributed by atoms with E-state index in [-0.39, 0.29) is 18.6 Å². The third-order valence-electron chi connectivity index (χ3n) is 5.30. The summed E-state index contributed by atoms with van der Waals surface area (Å²) >= 11 is 0. The Bertz CT molecular complexity index is 1010. The molecule has 2 amide bonds. The lowest BCUT2D eigenvalue weighted by Gasteiger charge is -2.25. The molecule has 4 rings (SSSR count). The van der Waals surface area contributed by atoms with Crippen molar-refractivity contribution >= 4 is 12.0 Å². The van der Waals surface area contributed by atoms with Crippen LogP contribution in [0.5, 0.6) is 5.75 Å². The van der Waals surface area contributed by atoms with E-state index in [9.17, 15) is 9.59 Å². The fourth-order valence-electron chi connectivity index (χ4n) is 3.67. The quantitative estimate of drug-likeness (QED) is 0.585. The number of para-hydroxylation sites is 1. The van der Waals surface area contributed by atoms with Gasteiger partial charge in [-0.1, -0.05) is 66.7 Å². The number of rotatable bonds is 8. The summed E-state index contributed by atoms with van der Waals surface area (Å²) in [5.41, 5.74) is 2.63. The molecule has 6 heteroatoms. The zero-order valence-corrected chi connectivity index (χ0v) is 17.8. The van der Waals surface area contributed by atoms with Crippen LogP contribution >= 0.6 is 0 Å². The van der Waals surface area contributed by atoms with Crippen LogP contribution in [0.3, 0.4) is 0 Å². The van der Waals surface area contributed by atoms with Crippen LogP contribution in [-0.4, -0.2) is 42.6 Å². The van der Waals surface area contributed by atoms with Gasteiger partial charge in [0.05, 0.1) is 6.54 Å². The highest BCUT2D eigenvalue weighted by molar-refractivity contribution is 5.94. The Morgan fingerprint density at radius 1 is 0.938 bits per heavy atom. The van der Waals surface area contributed by atoms with Crippen LogP contribution in [0.4, 0.5) is 4.79 Å². The van der Waals surface area contributed by atoms with E-state index in [4.69, 9.17) is 9.47 Å². The molecule has 1 N–H and O–H groups in total. The summed E-state index contributed by atoms with van der Waals surface area (Å²) in [6.07, 6.45) is 0.151. The number of carbonyl (C=O) groups excluding carboxylic acids is 2. The maximum Gasteiger partial charge on any atom is 0.410 e. The van der Waals surface area contributed by atoms with Crippen molar-refractivity contribution in [2.75, 3.05) is 19.6 Å². The SMILES string of the molecule is O=C(NCCN(CC1Cc2ccccc2O1)C(=O)OCc1ccccc1)c1ccccc1. The van der Waals surface area contributed by atoms with Crippen molar-refractivity contribution in [2.45, 2.75) is 19.1 Å². The smallest absolute Gasteiger partial charge is 0.410 e. The van der Waals surface area contributed by atoms with E-state index < -0.39 is 6.09 Å². The lowest BCUT2D eigenvalue weighted by Crippen LogP contribution is -2.43. The molecule has 1 heterocycles. The first kappa shape index (κ1) is 21.4. The molecule has 1 aliphatic heterocycles. The molecule has 0 saturated carbocycles. The highest BCUT2D eigenvalue weighted by atomic mass is 16.6. The van der Waals surface area contributed by atoms with Gasteiger partial charge in [0.15, 0.2) is 0 Å². The maximum atomic E-state index is 12.9. The number of hydrogen-bond donors (Lipinski definition) is 1. The summed E-state index contributed by atoms with van der Waals surface area (Å²) in [6.45, 7) is 1.21. The molecule has 3 aromatic carbocycles. The zero-order valence-electron chi connectivity index (χ0n) is 17.8. The van der Waals surface area contributed by atoms with E-state index >= 15 is 0 Å². The normalized spacial score (nSPS) is 14.2. The fraction of sp³-hybridized carbons (Fsp3) is 0.231. The summed E-state index contributed by atoms with van der Waals surface area (Å²) in [6, 6.07) is 26.5. The first-order chi connectivity index (χ1) is 15.7. The molecule has 0 aromatic heterocycles. The molecule has 0 bridgehead atoms. The number of fused-ring (bicyclic) bond motifs is 1. The van der Waals surface area contributed by atoms with Gasteiger partial charge in [-0.25, -0.2) is 4.79 Å². The van der Waals surface area contributed by atoms with Gasteiger partial charge in [0.1, 0.15) is 18.5 Å². The molecule has 164 valence electrons. The van der Waals surface area contributed by atoms with Gasteiger partial charge < -0.3 is 19.7 Å². The second-order valence-electron chi connectivity index (χ2n) is 7.66. The second-order valence-corrected chi connectivity index (χ2v) is 7.66. The van der Waals surface area contributed by atoms with E-state index in [1.165, 1.54) is 0 Å². The molecule has 1 unspecified atom stereocenters. The minimum atomic E-state index is -0.428. The van der Waals surface area contributed by atoms with Crippen LogP contribution in [0.1, 0.15) is 21.5 Å².